The van der Waals surface area contributed by atoms with E-state index >= 15 is 0 Å². The van der Waals surface area contributed by atoms with Gasteiger partial charge in [0.2, 0.25) is 5.91 Å². The average molecular weight is 306 g/mol. The fourth-order valence-electron chi connectivity index (χ4n) is 2.16. The van der Waals surface area contributed by atoms with E-state index in [9.17, 15) is 4.79 Å². The molecular formula is C16H20ClN3O. The second-order valence-corrected chi connectivity index (χ2v) is 5.18. The maximum Gasteiger partial charge on any atom is 0.246 e. The highest BCUT2D eigenvalue weighted by atomic mass is 35.5. The molecule has 0 spiro atoms. The van der Waals surface area contributed by atoms with Crippen molar-refractivity contribution in [2.45, 2.75) is 26.7 Å². The molecule has 2 rings (SSSR count). The first-order valence-corrected chi connectivity index (χ1v) is 7.64. The molecule has 0 aromatic carbocycles. The van der Waals surface area contributed by atoms with Gasteiger partial charge < -0.3 is 4.90 Å². The Bertz CT molecular complexity index is 648. The van der Waals surface area contributed by atoms with Crippen LogP contribution in [0.2, 0.25) is 5.15 Å². The summed E-state index contributed by atoms with van der Waals surface area (Å²) in [5.74, 6) is 0.00731. The number of carbonyl (C=O) groups excluding carboxylic acids is 1. The molecule has 1 amide bonds. The molecule has 0 aliphatic carbocycles. The number of imidazole rings is 1. The molecule has 2 aromatic rings. The zero-order chi connectivity index (χ0) is 15.2. The molecule has 21 heavy (non-hydrogen) atoms. The van der Waals surface area contributed by atoms with Gasteiger partial charge in [-0.25, -0.2) is 4.98 Å². The molecule has 0 saturated heterocycles. The van der Waals surface area contributed by atoms with Crippen molar-refractivity contribution >= 4 is 29.2 Å². The van der Waals surface area contributed by atoms with E-state index in [1.54, 1.807) is 12.2 Å². The van der Waals surface area contributed by atoms with Crippen LogP contribution < -0.4 is 0 Å². The van der Waals surface area contributed by atoms with Gasteiger partial charge in [-0.2, -0.15) is 0 Å². The Morgan fingerprint density at radius 2 is 2.24 bits per heavy atom. The van der Waals surface area contributed by atoms with Gasteiger partial charge in [-0.3, -0.25) is 9.20 Å². The van der Waals surface area contributed by atoms with Gasteiger partial charge in [-0.15, -0.1) is 0 Å². The highest BCUT2D eigenvalue weighted by Gasteiger charge is 2.10. The molecule has 0 saturated carbocycles. The first-order valence-electron chi connectivity index (χ1n) is 7.27. The lowest BCUT2D eigenvalue weighted by atomic mass is 10.3. The van der Waals surface area contributed by atoms with E-state index < -0.39 is 0 Å². The summed E-state index contributed by atoms with van der Waals surface area (Å²) in [5, 5.41) is 0.404. The molecule has 0 bridgehead atoms. The summed E-state index contributed by atoms with van der Waals surface area (Å²) in [6.45, 7) is 5.61. The normalized spacial score (nSPS) is 11.4. The van der Waals surface area contributed by atoms with Crippen LogP contribution in [0.25, 0.3) is 11.7 Å². The first-order chi connectivity index (χ1) is 10.2. The number of nitrogens with zero attached hydrogens (tertiary/aromatic N) is 3. The minimum atomic E-state index is 0.00731. The summed E-state index contributed by atoms with van der Waals surface area (Å²) in [5.41, 5.74) is 1.50. The van der Waals surface area contributed by atoms with Crippen LogP contribution in [0.5, 0.6) is 0 Å². The Labute approximate surface area is 130 Å². The van der Waals surface area contributed by atoms with Gasteiger partial charge in [-0.05, 0) is 31.6 Å². The molecule has 0 aliphatic rings. The fraction of sp³-hybridized carbons (Fsp3) is 0.375. The second kappa shape index (κ2) is 7.27. The third-order valence-electron chi connectivity index (χ3n) is 3.38. The van der Waals surface area contributed by atoms with Gasteiger partial charge in [0.1, 0.15) is 5.65 Å². The number of halogens is 1. The lowest BCUT2D eigenvalue weighted by Gasteiger charge is -2.18. The van der Waals surface area contributed by atoms with Crippen molar-refractivity contribution in [1.29, 1.82) is 0 Å². The SMILES string of the molecule is CCCCN(CC)C(=O)/C=C/c1c(Cl)nc2ccccn12. The zero-order valence-corrected chi connectivity index (χ0v) is 13.2. The first kappa shape index (κ1) is 15.6. The Hall–Kier alpha value is -1.81. The van der Waals surface area contributed by atoms with E-state index in [-0.39, 0.29) is 5.91 Å². The molecule has 0 unspecified atom stereocenters. The summed E-state index contributed by atoms with van der Waals surface area (Å²) >= 11 is 6.14. The number of carbonyl (C=O) groups is 1. The standard InChI is InChI=1S/C16H20ClN3O/c1-3-5-11-19(4-2)15(21)10-9-13-16(17)18-14-8-6-7-12-20(13)14/h6-10,12H,3-5,11H2,1-2H3/b10-9+. The topological polar surface area (TPSA) is 37.6 Å². The number of hydrogen-bond acceptors (Lipinski definition) is 2. The Morgan fingerprint density at radius 3 is 2.95 bits per heavy atom. The molecule has 112 valence electrons. The van der Waals surface area contributed by atoms with Crippen molar-refractivity contribution in [3.63, 3.8) is 0 Å². The Balaban J connectivity index is 2.18. The third-order valence-corrected chi connectivity index (χ3v) is 3.66. The van der Waals surface area contributed by atoms with Crippen LogP contribution in [0.4, 0.5) is 0 Å². The minimum absolute atomic E-state index is 0.00731. The molecule has 2 aromatic heterocycles. The number of amides is 1. The highest BCUT2D eigenvalue weighted by molar-refractivity contribution is 6.31. The predicted octanol–water partition coefficient (Wildman–Crippen LogP) is 3.65. The van der Waals surface area contributed by atoms with Crippen LogP contribution in [0.1, 0.15) is 32.4 Å². The monoisotopic (exact) mass is 305 g/mol. The van der Waals surface area contributed by atoms with Crippen LogP contribution in [0, 0.1) is 0 Å². The molecule has 0 fully saturated rings. The van der Waals surface area contributed by atoms with Crippen LogP contribution in [-0.2, 0) is 4.79 Å². The van der Waals surface area contributed by atoms with Crippen LogP contribution in [0.3, 0.4) is 0 Å². The van der Waals surface area contributed by atoms with Crippen LogP contribution in [-0.4, -0.2) is 33.3 Å². The lowest BCUT2D eigenvalue weighted by Crippen LogP contribution is -2.30. The van der Waals surface area contributed by atoms with Crippen molar-refractivity contribution in [2.24, 2.45) is 0 Å². The van der Waals surface area contributed by atoms with Gasteiger partial charge in [0.15, 0.2) is 5.15 Å². The quantitative estimate of drug-likeness (QED) is 0.764. The fourth-order valence-corrected chi connectivity index (χ4v) is 2.40. The number of aromatic nitrogens is 2. The van der Waals surface area contributed by atoms with E-state index in [1.807, 2.05) is 40.6 Å². The number of pyridine rings is 1. The van der Waals surface area contributed by atoms with Gasteiger partial charge in [0, 0.05) is 25.4 Å². The van der Waals surface area contributed by atoms with Crippen molar-refractivity contribution in [3.05, 3.63) is 41.3 Å². The zero-order valence-electron chi connectivity index (χ0n) is 12.4. The average Bonchev–Trinajstić information content (AvgIpc) is 2.81. The number of hydrogen-bond donors (Lipinski definition) is 0. The summed E-state index contributed by atoms with van der Waals surface area (Å²) in [6, 6.07) is 5.69. The molecule has 0 aliphatic heterocycles. The van der Waals surface area contributed by atoms with Crippen LogP contribution >= 0.6 is 11.6 Å². The summed E-state index contributed by atoms with van der Waals surface area (Å²) in [7, 11) is 0. The highest BCUT2D eigenvalue weighted by Crippen LogP contribution is 2.19. The molecule has 5 heteroatoms. The molecular weight excluding hydrogens is 286 g/mol. The summed E-state index contributed by atoms with van der Waals surface area (Å²) in [6.07, 6.45) is 7.28. The molecule has 2 heterocycles. The number of likely N-dealkylation sites (N-methyl/N-ethyl adjacent to an activating group) is 1. The number of fused-ring (bicyclic) bond motifs is 1. The van der Waals surface area contributed by atoms with E-state index in [4.69, 9.17) is 11.6 Å². The van der Waals surface area contributed by atoms with Crippen molar-refractivity contribution in [3.8, 4) is 0 Å². The smallest absolute Gasteiger partial charge is 0.246 e. The van der Waals surface area contributed by atoms with Gasteiger partial charge in [0.05, 0.1) is 5.69 Å². The number of rotatable bonds is 6. The molecule has 0 radical (unpaired) electrons. The summed E-state index contributed by atoms with van der Waals surface area (Å²) in [4.78, 5) is 18.3. The molecule has 0 atom stereocenters. The maximum absolute atomic E-state index is 12.2. The van der Waals surface area contributed by atoms with E-state index in [0.717, 1.165) is 30.7 Å². The Kier molecular flexibility index (Phi) is 5.39. The second-order valence-electron chi connectivity index (χ2n) is 4.82. The van der Waals surface area contributed by atoms with E-state index in [1.165, 1.54) is 0 Å². The van der Waals surface area contributed by atoms with Crippen molar-refractivity contribution < 1.29 is 4.79 Å². The third kappa shape index (κ3) is 3.64. The molecule has 4 nitrogen and oxygen atoms in total. The minimum Gasteiger partial charge on any atom is -0.339 e. The van der Waals surface area contributed by atoms with E-state index in [2.05, 4.69) is 11.9 Å². The lowest BCUT2D eigenvalue weighted by molar-refractivity contribution is -0.125. The van der Waals surface area contributed by atoms with Gasteiger partial charge in [-0.1, -0.05) is 31.0 Å². The number of unbranched alkanes of at least 4 members (excludes halogenated alkanes) is 1. The van der Waals surface area contributed by atoms with E-state index in [0.29, 0.717) is 11.7 Å². The van der Waals surface area contributed by atoms with Crippen LogP contribution in [0.15, 0.2) is 30.5 Å². The summed E-state index contributed by atoms with van der Waals surface area (Å²) < 4.78 is 1.87. The van der Waals surface area contributed by atoms with Crippen molar-refractivity contribution in [1.82, 2.24) is 14.3 Å². The van der Waals surface area contributed by atoms with Gasteiger partial charge >= 0.3 is 0 Å². The molecule has 0 N–H and O–H groups in total. The maximum atomic E-state index is 12.2. The Morgan fingerprint density at radius 1 is 1.43 bits per heavy atom. The van der Waals surface area contributed by atoms with Gasteiger partial charge in [0.25, 0.3) is 0 Å². The largest absolute Gasteiger partial charge is 0.339 e. The van der Waals surface area contributed by atoms with Crippen molar-refractivity contribution in [2.75, 3.05) is 13.1 Å². The predicted molar refractivity (Wildman–Crippen MR) is 86.4 cm³/mol.